The van der Waals surface area contributed by atoms with Crippen LogP contribution >= 0.6 is 11.8 Å². The maximum atomic E-state index is 12.1. The number of aromatic hydroxyl groups is 1. The zero-order valence-electron chi connectivity index (χ0n) is 12.6. The second kappa shape index (κ2) is 6.35. The van der Waals surface area contributed by atoms with Crippen LogP contribution in [0, 0.1) is 0 Å². The van der Waals surface area contributed by atoms with Gasteiger partial charge in [-0.25, -0.2) is 0 Å². The van der Waals surface area contributed by atoms with Crippen molar-refractivity contribution in [1.82, 2.24) is 0 Å². The summed E-state index contributed by atoms with van der Waals surface area (Å²) in [5.74, 6) is 0.650. The van der Waals surface area contributed by atoms with E-state index in [4.69, 9.17) is 0 Å². The number of ketones is 1. The van der Waals surface area contributed by atoms with E-state index in [0.717, 1.165) is 4.90 Å². The molecule has 0 heterocycles. The van der Waals surface area contributed by atoms with Gasteiger partial charge in [0, 0.05) is 10.5 Å². The molecule has 21 heavy (non-hydrogen) atoms. The van der Waals surface area contributed by atoms with Crippen LogP contribution in [0.3, 0.4) is 0 Å². The van der Waals surface area contributed by atoms with Crippen molar-refractivity contribution in [2.24, 2.45) is 0 Å². The zero-order chi connectivity index (χ0) is 15.5. The van der Waals surface area contributed by atoms with E-state index < -0.39 is 0 Å². The van der Waals surface area contributed by atoms with Crippen LogP contribution in [0.25, 0.3) is 0 Å². The highest BCUT2D eigenvalue weighted by Gasteiger charge is 2.13. The van der Waals surface area contributed by atoms with Gasteiger partial charge in [0.1, 0.15) is 5.75 Å². The Morgan fingerprint density at radius 1 is 1.00 bits per heavy atom. The Kier molecular flexibility index (Phi) is 4.73. The van der Waals surface area contributed by atoms with Crippen LogP contribution in [0.1, 0.15) is 36.7 Å². The van der Waals surface area contributed by atoms with Crippen molar-refractivity contribution in [3.05, 3.63) is 59.7 Å². The van der Waals surface area contributed by atoms with Gasteiger partial charge in [0.05, 0.1) is 5.75 Å². The predicted octanol–water partition coefficient (Wildman–Crippen LogP) is 4.66. The summed E-state index contributed by atoms with van der Waals surface area (Å²) in [6.45, 7) is 6.55. The number of hydrogen-bond donors (Lipinski definition) is 1. The molecule has 0 radical (unpaired) electrons. The Bertz CT molecular complexity index is 607. The molecule has 0 saturated heterocycles. The summed E-state index contributed by atoms with van der Waals surface area (Å²) in [5.41, 5.74) is 2.06. The molecule has 0 aromatic heterocycles. The smallest absolute Gasteiger partial charge is 0.173 e. The van der Waals surface area contributed by atoms with Crippen molar-refractivity contribution in [3.63, 3.8) is 0 Å². The van der Waals surface area contributed by atoms with Gasteiger partial charge in [-0.1, -0.05) is 32.9 Å². The van der Waals surface area contributed by atoms with Crippen LogP contribution in [-0.2, 0) is 5.41 Å². The summed E-state index contributed by atoms with van der Waals surface area (Å²) in [6, 6.07) is 14.7. The summed E-state index contributed by atoms with van der Waals surface area (Å²) in [5, 5.41) is 9.22. The van der Waals surface area contributed by atoms with E-state index in [2.05, 4.69) is 45.0 Å². The molecule has 1 N–H and O–H groups in total. The lowest BCUT2D eigenvalue weighted by Crippen LogP contribution is -2.10. The standard InChI is InChI=1S/C18H20O2S/c1-18(2,3)14-6-10-16(11-7-14)21-12-17(20)13-4-8-15(19)9-5-13/h4-11,19H,12H2,1-3H3. The number of phenols is 1. The van der Waals surface area contributed by atoms with Crippen molar-refractivity contribution in [2.75, 3.05) is 5.75 Å². The molecule has 0 aliphatic heterocycles. The lowest BCUT2D eigenvalue weighted by atomic mass is 9.87. The number of hydrogen-bond acceptors (Lipinski definition) is 3. The average Bonchev–Trinajstić information content (AvgIpc) is 2.45. The van der Waals surface area contributed by atoms with E-state index in [1.165, 1.54) is 29.5 Å². The first kappa shape index (κ1) is 15.6. The molecule has 110 valence electrons. The van der Waals surface area contributed by atoms with Crippen molar-refractivity contribution >= 4 is 17.5 Å². The molecule has 0 atom stereocenters. The summed E-state index contributed by atoms with van der Waals surface area (Å²) in [4.78, 5) is 13.1. The molecule has 0 bridgehead atoms. The lowest BCUT2D eigenvalue weighted by molar-refractivity contribution is 0.102. The van der Waals surface area contributed by atoms with Crippen LogP contribution in [0.5, 0.6) is 5.75 Å². The number of carbonyl (C=O) groups is 1. The highest BCUT2D eigenvalue weighted by atomic mass is 32.2. The molecule has 0 aliphatic carbocycles. The van der Waals surface area contributed by atoms with Gasteiger partial charge < -0.3 is 5.11 Å². The number of benzene rings is 2. The minimum atomic E-state index is 0.0693. The molecular weight excluding hydrogens is 280 g/mol. The fraction of sp³-hybridized carbons (Fsp3) is 0.278. The molecule has 3 heteroatoms. The highest BCUT2D eigenvalue weighted by Crippen LogP contribution is 2.26. The summed E-state index contributed by atoms with van der Waals surface area (Å²) < 4.78 is 0. The van der Waals surface area contributed by atoms with Gasteiger partial charge in [-0.05, 0) is 47.4 Å². The first-order chi connectivity index (χ1) is 9.86. The second-order valence-corrected chi connectivity index (χ2v) is 7.08. The van der Waals surface area contributed by atoms with E-state index >= 15 is 0 Å². The Hall–Kier alpha value is -1.74. The molecule has 2 aromatic rings. The first-order valence-corrected chi connectivity index (χ1v) is 7.90. The Morgan fingerprint density at radius 2 is 1.57 bits per heavy atom. The van der Waals surface area contributed by atoms with Gasteiger partial charge >= 0.3 is 0 Å². The number of thioether (sulfide) groups is 1. The largest absolute Gasteiger partial charge is 0.508 e. The van der Waals surface area contributed by atoms with E-state index in [0.29, 0.717) is 11.3 Å². The van der Waals surface area contributed by atoms with Crippen LogP contribution in [0.4, 0.5) is 0 Å². The summed E-state index contributed by atoms with van der Waals surface area (Å²) >= 11 is 1.53. The molecule has 2 nitrogen and oxygen atoms in total. The zero-order valence-corrected chi connectivity index (χ0v) is 13.4. The molecule has 0 fully saturated rings. The summed E-state index contributed by atoms with van der Waals surface area (Å²) in [7, 11) is 0. The average molecular weight is 300 g/mol. The fourth-order valence-corrected chi connectivity index (χ4v) is 2.72. The van der Waals surface area contributed by atoms with Gasteiger partial charge in [0.15, 0.2) is 5.78 Å². The molecule has 0 amide bonds. The third kappa shape index (κ3) is 4.36. The normalized spacial score (nSPS) is 11.4. The summed E-state index contributed by atoms with van der Waals surface area (Å²) in [6.07, 6.45) is 0. The molecule has 0 unspecified atom stereocenters. The van der Waals surface area contributed by atoms with Crippen LogP contribution < -0.4 is 0 Å². The van der Waals surface area contributed by atoms with Crippen LogP contribution in [0.2, 0.25) is 0 Å². The fourth-order valence-electron chi connectivity index (χ4n) is 1.93. The minimum Gasteiger partial charge on any atom is -0.508 e. The third-order valence-corrected chi connectivity index (χ3v) is 4.29. The van der Waals surface area contributed by atoms with Gasteiger partial charge in [-0.15, -0.1) is 11.8 Å². The Morgan fingerprint density at radius 3 is 2.10 bits per heavy atom. The van der Waals surface area contributed by atoms with E-state index in [1.807, 2.05) is 0 Å². The minimum absolute atomic E-state index is 0.0693. The van der Waals surface area contributed by atoms with E-state index in [-0.39, 0.29) is 16.9 Å². The van der Waals surface area contributed by atoms with Gasteiger partial charge in [0.25, 0.3) is 0 Å². The number of Topliss-reactive ketones (excluding diaryl/α,β-unsaturated/α-hetero) is 1. The number of phenolic OH excluding ortho intramolecular Hbond substituents is 1. The van der Waals surface area contributed by atoms with Crippen LogP contribution in [0.15, 0.2) is 53.4 Å². The molecular formula is C18H20O2S. The molecule has 0 saturated carbocycles. The number of carbonyl (C=O) groups excluding carboxylic acids is 1. The van der Waals surface area contributed by atoms with Gasteiger partial charge in [-0.2, -0.15) is 0 Å². The van der Waals surface area contributed by atoms with Crippen molar-refractivity contribution in [1.29, 1.82) is 0 Å². The highest BCUT2D eigenvalue weighted by molar-refractivity contribution is 8.00. The van der Waals surface area contributed by atoms with E-state index in [1.54, 1.807) is 12.1 Å². The predicted molar refractivity (Wildman–Crippen MR) is 88.3 cm³/mol. The Balaban J connectivity index is 1.97. The maximum absolute atomic E-state index is 12.1. The van der Waals surface area contributed by atoms with Crippen molar-refractivity contribution < 1.29 is 9.90 Å². The molecule has 0 aliphatic rings. The number of rotatable bonds is 4. The quantitative estimate of drug-likeness (QED) is 0.659. The topological polar surface area (TPSA) is 37.3 Å². The van der Waals surface area contributed by atoms with E-state index in [9.17, 15) is 9.90 Å². The van der Waals surface area contributed by atoms with Gasteiger partial charge in [-0.3, -0.25) is 4.79 Å². The SMILES string of the molecule is CC(C)(C)c1ccc(SCC(=O)c2ccc(O)cc2)cc1. The Labute approximate surface area is 130 Å². The van der Waals surface area contributed by atoms with Crippen molar-refractivity contribution in [2.45, 2.75) is 31.1 Å². The van der Waals surface area contributed by atoms with Gasteiger partial charge in [0.2, 0.25) is 0 Å². The molecule has 0 spiro atoms. The third-order valence-electron chi connectivity index (χ3n) is 3.28. The first-order valence-electron chi connectivity index (χ1n) is 6.92. The monoisotopic (exact) mass is 300 g/mol. The maximum Gasteiger partial charge on any atom is 0.173 e. The second-order valence-electron chi connectivity index (χ2n) is 6.03. The lowest BCUT2D eigenvalue weighted by Gasteiger charge is -2.19. The molecule has 2 aromatic carbocycles. The van der Waals surface area contributed by atoms with Crippen molar-refractivity contribution in [3.8, 4) is 5.75 Å². The van der Waals surface area contributed by atoms with Crippen LogP contribution in [-0.4, -0.2) is 16.6 Å². The molecule has 2 rings (SSSR count).